The average Bonchev–Trinajstić information content (AvgIpc) is 2.39. The summed E-state index contributed by atoms with van der Waals surface area (Å²) in [6.45, 7) is -1.45. The Kier molecular flexibility index (Phi) is 0.827. The minimum Gasteiger partial charge on any atom is -0.468 e. The molecule has 1 aliphatic rings. The number of hydrogen-bond donors (Lipinski definition) is 0. The average molecular weight is 158 g/mol. The second kappa shape index (κ2) is 2.54. The summed E-state index contributed by atoms with van der Waals surface area (Å²) in [6, 6.07) is -0.0296. The molecule has 0 aromatic carbocycles. The Hall–Kier alpha value is -1.03. The molecule has 0 bridgehead atoms. The monoisotopic (exact) mass is 158 g/mol. The first-order chi connectivity index (χ1) is 6.97. The van der Waals surface area contributed by atoms with Gasteiger partial charge in [-0.1, -0.05) is 0 Å². The zero-order valence-electron chi connectivity index (χ0n) is 9.78. The van der Waals surface area contributed by atoms with Crippen LogP contribution in [0.4, 0.5) is 0 Å². The van der Waals surface area contributed by atoms with E-state index in [-0.39, 0.29) is 18.0 Å². The van der Waals surface area contributed by atoms with Crippen LogP contribution in [-0.2, 0) is 11.7 Å². The maximum atomic E-state index is 7.47. The molecule has 0 amide bonds. The van der Waals surface area contributed by atoms with Crippen LogP contribution in [0, 0.1) is 0 Å². The summed E-state index contributed by atoms with van der Waals surface area (Å²) >= 11 is 0. The van der Waals surface area contributed by atoms with Crippen LogP contribution in [0.3, 0.4) is 0 Å². The highest BCUT2D eigenvalue weighted by atomic mass is 16.6. The van der Waals surface area contributed by atoms with Crippen molar-refractivity contribution < 1.29 is 15.0 Å². The summed E-state index contributed by atoms with van der Waals surface area (Å²) in [5, 5.41) is 3.69. The van der Waals surface area contributed by atoms with Crippen LogP contribution in [0.25, 0.3) is 0 Å². The largest absolute Gasteiger partial charge is 0.468 e. The molecule has 0 atom stereocenters. The third kappa shape index (κ3) is 1.35. The van der Waals surface area contributed by atoms with Crippen molar-refractivity contribution in [2.45, 2.75) is 6.10 Å². The number of aryl methyl sites for hydroxylation is 1. The molecular weight excluding hydrogens is 144 g/mol. The molecule has 60 valence electrons. The number of aromatic nitrogens is 2. The number of nitrogens with zero attached hydrogens (tertiary/aromatic N) is 2. The fourth-order valence-electron chi connectivity index (χ4n) is 0.770. The molecule has 1 aliphatic heterocycles. The molecule has 2 rings (SSSR count). The van der Waals surface area contributed by atoms with E-state index in [2.05, 4.69) is 5.10 Å². The Labute approximate surface area is 70.3 Å². The van der Waals surface area contributed by atoms with E-state index in [0.29, 0.717) is 13.2 Å². The molecule has 2 heterocycles. The van der Waals surface area contributed by atoms with Crippen LogP contribution in [0.1, 0.15) is 5.48 Å². The van der Waals surface area contributed by atoms with Gasteiger partial charge in [0.1, 0.15) is 6.10 Å². The van der Waals surface area contributed by atoms with Crippen molar-refractivity contribution in [2.24, 2.45) is 6.98 Å². The summed E-state index contributed by atoms with van der Waals surface area (Å²) in [4.78, 5) is 0. The van der Waals surface area contributed by atoms with Crippen LogP contribution in [0.15, 0.2) is 12.2 Å². The van der Waals surface area contributed by atoms with Gasteiger partial charge in [0.25, 0.3) is 0 Å². The Morgan fingerprint density at radius 1 is 2.00 bits per heavy atom. The molecule has 0 saturated carbocycles. The van der Waals surface area contributed by atoms with Gasteiger partial charge in [-0.3, -0.25) is 4.68 Å². The zero-order valence-corrected chi connectivity index (χ0v) is 5.78. The minimum atomic E-state index is -2.37. The van der Waals surface area contributed by atoms with Crippen molar-refractivity contribution in [2.75, 3.05) is 13.2 Å². The predicted molar refractivity (Wildman–Crippen MR) is 38.4 cm³/mol. The number of ether oxygens (including phenoxy) is 2. The lowest BCUT2D eigenvalue weighted by atomic mass is 10.3. The van der Waals surface area contributed by atoms with Crippen molar-refractivity contribution in [1.29, 1.82) is 0 Å². The molecule has 11 heavy (non-hydrogen) atoms. The zero-order chi connectivity index (χ0) is 11.1. The van der Waals surface area contributed by atoms with Gasteiger partial charge in [-0.05, 0) is 0 Å². The van der Waals surface area contributed by atoms with Gasteiger partial charge in [0.2, 0.25) is 5.88 Å². The number of rotatable bonds is 2. The van der Waals surface area contributed by atoms with Crippen LogP contribution in [0.2, 0.25) is 0 Å². The molecule has 1 aromatic heterocycles. The highest BCUT2D eigenvalue weighted by molar-refractivity contribution is 5.06. The normalized spacial score (nSPS) is 24.4. The molecule has 1 saturated heterocycles. The van der Waals surface area contributed by atoms with E-state index < -0.39 is 6.98 Å². The molecule has 1 fully saturated rings. The minimum absolute atomic E-state index is 0.0296. The highest BCUT2D eigenvalue weighted by Gasteiger charge is 2.20. The first kappa shape index (κ1) is 3.58. The topological polar surface area (TPSA) is 36.3 Å². The van der Waals surface area contributed by atoms with Crippen molar-refractivity contribution >= 4 is 0 Å². The molecule has 4 heteroatoms. The Morgan fingerprint density at radius 3 is 3.45 bits per heavy atom. The van der Waals surface area contributed by atoms with E-state index in [9.17, 15) is 0 Å². The van der Waals surface area contributed by atoms with E-state index in [4.69, 9.17) is 15.0 Å². The highest BCUT2D eigenvalue weighted by Crippen LogP contribution is 2.11. The molecule has 1 aromatic rings. The second-order valence-corrected chi connectivity index (χ2v) is 2.30. The molecule has 0 N–H and O–H groups in total. The predicted octanol–water partition coefficient (Wildman–Crippen LogP) is 0.198. The van der Waals surface area contributed by atoms with E-state index in [1.165, 1.54) is 0 Å². The van der Waals surface area contributed by atoms with E-state index in [1.807, 2.05) is 0 Å². The molecule has 0 aliphatic carbocycles. The van der Waals surface area contributed by atoms with Crippen molar-refractivity contribution in [3.05, 3.63) is 12.2 Å². The SMILES string of the molecule is [2H]c1cn(C([2H])([2H])[2H])nc1OC1COC1. The van der Waals surface area contributed by atoms with Crippen molar-refractivity contribution in [3.8, 4) is 5.88 Å². The lowest BCUT2D eigenvalue weighted by molar-refractivity contribution is -0.0814. The first-order valence-electron chi connectivity index (χ1n) is 5.28. The van der Waals surface area contributed by atoms with E-state index in [0.717, 1.165) is 10.9 Å². The Balaban J connectivity index is 2.13. The van der Waals surface area contributed by atoms with E-state index >= 15 is 0 Å². The first-order valence-corrected chi connectivity index (χ1v) is 3.28. The fourth-order valence-corrected chi connectivity index (χ4v) is 0.770. The summed E-state index contributed by atoms with van der Waals surface area (Å²) < 4.78 is 39.7. The molecule has 4 nitrogen and oxygen atoms in total. The maximum Gasteiger partial charge on any atom is 0.233 e. The number of hydrogen-bond acceptors (Lipinski definition) is 3. The lowest BCUT2D eigenvalue weighted by Crippen LogP contribution is -2.38. The molecule has 0 spiro atoms. The van der Waals surface area contributed by atoms with Crippen molar-refractivity contribution in [3.63, 3.8) is 0 Å². The third-order valence-corrected chi connectivity index (χ3v) is 1.39. The lowest BCUT2D eigenvalue weighted by Gasteiger charge is -2.25. The van der Waals surface area contributed by atoms with Crippen LogP contribution in [0.5, 0.6) is 5.88 Å². The van der Waals surface area contributed by atoms with Gasteiger partial charge in [-0.2, -0.15) is 0 Å². The summed E-state index contributed by atoms with van der Waals surface area (Å²) in [6.07, 6.45) is 1.01. The van der Waals surface area contributed by atoms with Gasteiger partial charge in [0.05, 0.1) is 14.6 Å². The quantitative estimate of drug-likeness (QED) is 0.616. The van der Waals surface area contributed by atoms with Gasteiger partial charge in [-0.15, -0.1) is 5.10 Å². The second-order valence-electron chi connectivity index (χ2n) is 2.30. The Morgan fingerprint density at radius 2 is 2.91 bits per heavy atom. The van der Waals surface area contributed by atoms with E-state index in [1.54, 1.807) is 0 Å². The van der Waals surface area contributed by atoms with Crippen LogP contribution < -0.4 is 4.74 Å². The molecular formula is C7H10N2O2. The fraction of sp³-hybridized carbons (Fsp3) is 0.571. The van der Waals surface area contributed by atoms with Gasteiger partial charge < -0.3 is 9.47 Å². The summed E-state index contributed by atoms with van der Waals surface area (Å²) in [5.74, 6) is 0.0411. The van der Waals surface area contributed by atoms with Gasteiger partial charge in [-0.25, -0.2) is 0 Å². The Bertz CT molecular complexity index is 358. The molecule has 0 radical (unpaired) electrons. The van der Waals surface area contributed by atoms with Crippen molar-refractivity contribution in [1.82, 2.24) is 9.78 Å². The third-order valence-electron chi connectivity index (χ3n) is 1.39. The van der Waals surface area contributed by atoms with Crippen LogP contribution >= 0.6 is 0 Å². The van der Waals surface area contributed by atoms with Gasteiger partial charge in [0, 0.05) is 23.3 Å². The van der Waals surface area contributed by atoms with Gasteiger partial charge >= 0.3 is 0 Å². The molecule has 0 unspecified atom stereocenters. The van der Waals surface area contributed by atoms with Gasteiger partial charge in [0.15, 0.2) is 0 Å². The standard InChI is InChI=1S/C7H10N2O2/c1-9-3-2-7(8-9)11-6-4-10-5-6/h2-3,6H,4-5H2,1H3/i1D3,2D. The smallest absolute Gasteiger partial charge is 0.233 e. The maximum absolute atomic E-state index is 7.47. The summed E-state index contributed by atoms with van der Waals surface area (Å²) in [7, 11) is 0. The summed E-state index contributed by atoms with van der Waals surface area (Å²) in [5.41, 5.74) is 0. The van der Waals surface area contributed by atoms with Crippen LogP contribution in [-0.4, -0.2) is 29.1 Å².